The maximum atomic E-state index is 11.9. The predicted octanol–water partition coefficient (Wildman–Crippen LogP) is 6.09. The third-order valence-corrected chi connectivity index (χ3v) is 5.09. The van der Waals surface area contributed by atoms with Gasteiger partial charge in [-0.2, -0.15) is 5.10 Å². The molecular formula is C21H37N4OP. The zero-order valence-corrected chi connectivity index (χ0v) is 19.2. The van der Waals surface area contributed by atoms with E-state index in [-0.39, 0.29) is 0 Å². The molecular weight excluding hydrogens is 355 g/mol. The van der Waals surface area contributed by atoms with Crippen LogP contribution in [0.4, 0.5) is 11.6 Å². The number of aromatic nitrogens is 3. The summed E-state index contributed by atoms with van der Waals surface area (Å²) < 4.78 is 11.9. The minimum Gasteiger partial charge on any atom is -0.323 e. The maximum Gasteiger partial charge on any atom is 0.247 e. The van der Waals surface area contributed by atoms with Crippen LogP contribution in [-0.4, -0.2) is 28.5 Å². The lowest BCUT2D eigenvalue weighted by atomic mass is 10.3. The standard InChI is InChI=1S/C13H17N4OP.C5H12.C3H8/c1-9-10(2)16-17-13(14-9)15-11-5-7-12(8-6-11)19(3,4)18;1-3-5-4-2;1-3-2/h5-8H,1-4H3,(H,14,15,17);3-5H2,1-2H3;3H2,1-2H3. The van der Waals surface area contributed by atoms with Gasteiger partial charge in [0.25, 0.3) is 0 Å². The summed E-state index contributed by atoms with van der Waals surface area (Å²) in [7, 11) is -2.21. The first-order valence-electron chi connectivity index (χ1n) is 9.79. The summed E-state index contributed by atoms with van der Waals surface area (Å²) in [4.78, 5) is 4.30. The molecule has 0 fully saturated rings. The lowest BCUT2D eigenvalue weighted by Crippen LogP contribution is -2.05. The highest BCUT2D eigenvalue weighted by Gasteiger charge is 2.10. The molecule has 0 saturated carbocycles. The highest BCUT2D eigenvalue weighted by Crippen LogP contribution is 2.34. The lowest BCUT2D eigenvalue weighted by molar-refractivity contribution is 0.588. The fourth-order valence-electron chi connectivity index (χ4n) is 1.90. The summed E-state index contributed by atoms with van der Waals surface area (Å²) in [6.07, 6.45) is 5.33. The van der Waals surface area contributed by atoms with Crippen molar-refractivity contribution in [3.8, 4) is 0 Å². The summed E-state index contributed by atoms with van der Waals surface area (Å²) in [5.74, 6) is 0.465. The maximum absolute atomic E-state index is 11.9. The van der Waals surface area contributed by atoms with E-state index in [0.29, 0.717) is 5.95 Å². The van der Waals surface area contributed by atoms with Gasteiger partial charge in [-0.1, -0.05) is 53.4 Å². The van der Waals surface area contributed by atoms with Crippen molar-refractivity contribution in [2.24, 2.45) is 0 Å². The number of hydrogen-bond acceptors (Lipinski definition) is 5. The molecule has 1 aromatic carbocycles. The van der Waals surface area contributed by atoms with Gasteiger partial charge in [0.1, 0.15) is 7.14 Å². The van der Waals surface area contributed by atoms with Gasteiger partial charge in [-0.25, -0.2) is 4.98 Å². The summed E-state index contributed by atoms with van der Waals surface area (Å²) in [6, 6.07) is 7.45. The van der Waals surface area contributed by atoms with Crippen molar-refractivity contribution in [3.05, 3.63) is 35.7 Å². The molecule has 0 aliphatic carbocycles. The predicted molar refractivity (Wildman–Crippen MR) is 119 cm³/mol. The minimum atomic E-state index is -2.21. The van der Waals surface area contributed by atoms with Crippen LogP contribution >= 0.6 is 7.14 Å². The summed E-state index contributed by atoms with van der Waals surface area (Å²) in [6.45, 7) is 15.9. The summed E-state index contributed by atoms with van der Waals surface area (Å²) >= 11 is 0. The van der Waals surface area contributed by atoms with Crippen LogP contribution in [0.1, 0.15) is 64.8 Å². The van der Waals surface area contributed by atoms with Crippen LogP contribution in [0, 0.1) is 13.8 Å². The van der Waals surface area contributed by atoms with Crippen LogP contribution in [0.5, 0.6) is 0 Å². The molecule has 0 unspecified atom stereocenters. The van der Waals surface area contributed by atoms with Gasteiger partial charge in [0, 0.05) is 11.0 Å². The zero-order valence-electron chi connectivity index (χ0n) is 18.3. The van der Waals surface area contributed by atoms with E-state index in [4.69, 9.17) is 0 Å². The smallest absolute Gasteiger partial charge is 0.247 e. The molecule has 2 rings (SSSR count). The fraction of sp³-hybridized carbons (Fsp3) is 0.571. The first kappa shape index (κ1) is 25.3. The quantitative estimate of drug-likeness (QED) is 0.623. The van der Waals surface area contributed by atoms with Crippen LogP contribution in [0.15, 0.2) is 24.3 Å². The molecule has 0 aliphatic rings. The molecule has 0 bridgehead atoms. The van der Waals surface area contributed by atoms with Gasteiger partial charge in [0.2, 0.25) is 5.95 Å². The second kappa shape index (κ2) is 13.4. The Morgan fingerprint density at radius 1 is 0.889 bits per heavy atom. The number of hydrogen-bond donors (Lipinski definition) is 1. The fourth-order valence-corrected chi connectivity index (χ4v) is 2.76. The first-order valence-corrected chi connectivity index (χ1v) is 12.4. The van der Waals surface area contributed by atoms with Crippen LogP contribution in [0.3, 0.4) is 0 Å². The molecule has 152 valence electrons. The molecule has 0 atom stereocenters. The molecule has 1 N–H and O–H groups in total. The molecule has 27 heavy (non-hydrogen) atoms. The van der Waals surface area contributed by atoms with E-state index in [9.17, 15) is 4.57 Å². The average Bonchev–Trinajstić information content (AvgIpc) is 2.60. The molecule has 5 nitrogen and oxygen atoms in total. The molecule has 0 saturated heterocycles. The van der Waals surface area contributed by atoms with Gasteiger partial charge in [0.05, 0.1) is 11.4 Å². The van der Waals surface area contributed by atoms with Gasteiger partial charge in [-0.15, -0.1) is 5.10 Å². The van der Waals surface area contributed by atoms with Crippen LogP contribution in [0.2, 0.25) is 0 Å². The van der Waals surface area contributed by atoms with E-state index in [0.717, 1.165) is 22.4 Å². The molecule has 0 spiro atoms. The average molecular weight is 393 g/mol. The summed E-state index contributed by atoms with van der Waals surface area (Å²) in [5.41, 5.74) is 2.52. The Kier molecular flexibility index (Phi) is 12.6. The van der Waals surface area contributed by atoms with Crippen molar-refractivity contribution >= 4 is 24.1 Å². The van der Waals surface area contributed by atoms with Crippen molar-refractivity contribution in [1.82, 2.24) is 15.2 Å². The molecule has 0 aliphatic heterocycles. The van der Waals surface area contributed by atoms with Crippen molar-refractivity contribution in [3.63, 3.8) is 0 Å². The van der Waals surface area contributed by atoms with Gasteiger partial charge in [0.15, 0.2) is 0 Å². The van der Waals surface area contributed by atoms with E-state index in [1.165, 1.54) is 25.7 Å². The van der Waals surface area contributed by atoms with E-state index < -0.39 is 7.14 Å². The topological polar surface area (TPSA) is 67.8 Å². The van der Waals surface area contributed by atoms with Crippen molar-refractivity contribution in [1.29, 1.82) is 0 Å². The Balaban J connectivity index is 0.000000719. The monoisotopic (exact) mass is 392 g/mol. The second-order valence-corrected chi connectivity index (χ2v) is 10.1. The Bertz CT molecular complexity index is 694. The second-order valence-electron chi connectivity index (χ2n) is 6.89. The van der Waals surface area contributed by atoms with Crippen LogP contribution in [0.25, 0.3) is 0 Å². The Labute approximate surface area is 165 Å². The Hall–Kier alpha value is -1.74. The van der Waals surface area contributed by atoms with E-state index in [1.807, 2.05) is 38.1 Å². The van der Waals surface area contributed by atoms with Gasteiger partial charge in [-0.3, -0.25) is 0 Å². The third kappa shape index (κ3) is 10.9. The van der Waals surface area contributed by atoms with Gasteiger partial charge in [-0.05, 0) is 51.4 Å². The number of anilines is 2. The molecule has 0 amide bonds. The normalized spacial score (nSPS) is 10.2. The third-order valence-electron chi connectivity index (χ3n) is 3.54. The minimum absolute atomic E-state index is 0.465. The van der Waals surface area contributed by atoms with Crippen molar-refractivity contribution < 1.29 is 4.57 Å². The largest absolute Gasteiger partial charge is 0.323 e. The molecule has 6 heteroatoms. The van der Waals surface area contributed by atoms with Gasteiger partial charge < -0.3 is 9.88 Å². The van der Waals surface area contributed by atoms with E-state index >= 15 is 0 Å². The highest BCUT2D eigenvalue weighted by molar-refractivity contribution is 7.70. The van der Waals surface area contributed by atoms with E-state index in [2.05, 4.69) is 48.2 Å². The number of rotatable bonds is 5. The van der Waals surface area contributed by atoms with Crippen molar-refractivity contribution in [2.75, 3.05) is 18.6 Å². The van der Waals surface area contributed by atoms with Crippen LogP contribution in [-0.2, 0) is 4.57 Å². The number of nitrogens with one attached hydrogen (secondary N) is 1. The number of benzene rings is 1. The van der Waals surface area contributed by atoms with Crippen LogP contribution < -0.4 is 10.6 Å². The Morgan fingerprint density at radius 3 is 1.78 bits per heavy atom. The van der Waals surface area contributed by atoms with Crippen molar-refractivity contribution in [2.45, 2.75) is 67.2 Å². The SMILES string of the molecule is CCC.CCCCC.Cc1nnc(Nc2ccc(P(C)(C)=O)cc2)nc1C. The highest BCUT2D eigenvalue weighted by atomic mass is 31.2. The molecule has 1 heterocycles. The summed E-state index contributed by atoms with van der Waals surface area (Å²) in [5, 5.41) is 11.9. The molecule has 0 radical (unpaired) electrons. The molecule has 1 aromatic heterocycles. The lowest BCUT2D eigenvalue weighted by Gasteiger charge is -2.09. The van der Waals surface area contributed by atoms with Gasteiger partial charge >= 0.3 is 0 Å². The van der Waals surface area contributed by atoms with E-state index in [1.54, 1.807) is 13.3 Å². The Morgan fingerprint density at radius 2 is 1.41 bits per heavy atom. The number of unbranched alkanes of at least 4 members (excludes halogenated alkanes) is 2. The number of aryl methyl sites for hydroxylation is 2. The zero-order chi connectivity index (χ0) is 20.9. The molecule has 2 aromatic rings. The number of nitrogens with zero attached hydrogens (tertiary/aromatic N) is 3. The first-order chi connectivity index (χ1) is 12.7.